The lowest BCUT2D eigenvalue weighted by molar-refractivity contribution is 1.56. The molecular formula is C58H38. The fourth-order valence-electron chi connectivity index (χ4n) is 9.17. The predicted molar refractivity (Wildman–Crippen MR) is 249 cm³/mol. The zero-order valence-electron chi connectivity index (χ0n) is 31.9. The van der Waals surface area contributed by atoms with Gasteiger partial charge in [-0.25, -0.2) is 0 Å². The summed E-state index contributed by atoms with van der Waals surface area (Å²) in [5.41, 5.74) is 14.7. The van der Waals surface area contributed by atoms with Crippen LogP contribution in [0.4, 0.5) is 0 Å². The van der Waals surface area contributed by atoms with E-state index in [1.54, 1.807) is 0 Å². The lowest BCUT2D eigenvalue weighted by atomic mass is 9.82. The average Bonchev–Trinajstić information content (AvgIpc) is 3.30. The van der Waals surface area contributed by atoms with Crippen LogP contribution in [0.15, 0.2) is 231 Å². The van der Waals surface area contributed by atoms with E-state index < -0.39 is 0 Å². The highest BCUT2D eigenvalue weighted by molar-refractivity contribution is 6.23. The Morgan fingerprint density at radius 1 is 0.172 bits per heavy atom. The van der Waals surface area contributed by atoms with Crippen LogP contribution in [0.2, 0.25) is 0 Å². The highest BCUT2D eigenvalue weighted by Gasteiger charge is 2.21. The van der Waals surface area contributed by atoms with E-state index in [-0.39, 0.29) is 0 Å². The van der Waals surface area contributed by atoms with Crippen LogP contribution in [0.5, 0.6) is 0 Å². The Hall–Kier alpha value is -7.54. The SMILES string of the molecule is c1ccc(-c2c3ccccc3c(-c3cc(-c4ccccc4-c4cccc(-c5ccc6ccccc6c5)c4)ccc3-c3cccc4ccccc34)c3ccccc23)cc1. The molecule has 0 heteroatoms. The van der Waals surface area contributed by atoms with Gasteiger partial charge in [-0.1, -0.05) is 212 Å². The van der Waals surface area contributed by atoms with Gasteiger partial charge < -0.3 is 0 Å². The average molecular weight is 735 g/mol. The maximum Gasteiger partial charge on any atom is -0.00199 e. The van der Waals surface area contributed by atoms with Crippen LogP contribution in [-0.2, 0) is 0 Å². The third kappa shape index (κ3) is 5.78. The highest BCUT2D eigenvalue weighted by Crippen LogP contribution is 2.48. The van der Waals surface area contributed by atoms with E-state index in [2.05, 4.69) is 231 Å². The van der Waals surface area contributed by atoms with Crippen molar-refractivity contribution < 1.29 is 0 Å². The van der Waals surface area contributed by atoms with Crippen LogP contribution in [-0.4, -0.2) is 0 Å². The molecule has 0 aliphatic carbocycles. The van der Waals surface area contributed by atoms with Crippen molar-refractivity contribution in [1.29, 1.82) is 0 Å². The van der Waals surface area contributed by atoms with Crippen LogP contribution in [0.1, 0.15) is 0 Å². The molecule has 11 rings (SSSR count). The molecule has 0 N–H and O–H groups in total. The molecule has 11 aromatic carbocycles. The zero-order chi connectivity index (χ0) is 38.4. The Morgan fingerprint density at radius 3 is 1.36 bits per heavy atom. The fraction of sp³-hybridized carbons (Fsp3) is 0. The summed E-state index contributed by atoms with van der Waals surface area (Å²) in [6.45, 7) is 0. The van der Waals surface area contributed by atoms with Crippen molar-refractivity contribution in [2.24, 2.45) is 0 Å². The third-order valence-corrected chi connectivity index (χ3v) is 11.9. The molecule has 11 aromatic rings. The first-order valence-electron chi connectivity index (χ1n) is 20.1. The van der Waals surface area contributed by atoms with E-state index >= 15 is 0 Å². The van der Waals surface area contributed by atoms with Crippen molar-refractivity contribution in [2.75, 3.05) is 0 Å². The molecule has 0 spiro atoms. The molecule has 0 amide bonds. The van der Waals surface area contributed by atoms with E-state index in [4.69, 9.17) is 0 Å². The summed E-state index contributed by atoms with van der Waals surface area (Å²) in [6.07, 6.45) is 0. The van der Waals surface area contributed by atoms with Crippen LogP contribution in [0.25, 0.3) is 110 Å². The summed E-state index contributed by atoms with van der Waals surface area (Å²) in [4.78, 5) is 0. The summed E-state index contributed by atoms with van der Waals surface area (Å²) < 4.78 is 0. The Bertz CT molecular complexity index is 3270. The van der Waals surface area contributed by atoms with Crippen molar-refractivity contribution in [3.63, 3.8) is 0 Å². The summed E-state index contributed by atoms with van der Waals surface area (Å²) in [5, 5.41) is 9.99. The molecule has 0 heterocycles. The molecule has 0 atom stereocenters. The molecule has 0 aliphatic rings. The minimum Gasteiger partial charge on any atom is -0.0622 e. The molecule has 0 aromatic heterocycles. The molecule has 0 saturated heterocycles. The molecule has 0 fully saturated rings. The first kappa shape index (κ1) is 33.8. The van der Waals surface area contributed by atoms with Crippen molar-refractivity contribution in [3.05, 3.63) is 231 Å². The van der Waals surface area contributed by atoms with Crippen LogP contribution in [0.3, 0.4) is 0 Å². The number of rotatable bonds is 6. The Morgan fingerprint density at radius 2 is 0.638 bits per heavy atom. The van der Waals surface area contributed by atoms with Crippen molar-refractivity contribution in [1.82, 2.24) is 0 Å². The van der Waals surface area contributed by atoms with Gasteiger partial charge in [0.2, 0.25) is 0 Å². The number of benzene rings is 11. The second-order valence-electron chi connectivity index (χ2n) is 15.2. The maximum atomic E-state index is 2.46. The summed E-state index contributed by atoms with van der Waals surface area (Å²) in [5.74, 6) is 0. The monoisotopic (exact) mass is 734 g/mol. The molecule has 270 valence electrons. The number of fused-ring (bicyclic) bond motifs is 4. The Kier molecular flexibility index (Phi) is 8.26. The van der Waals surface area contributed by atoms with Crippen LogP contribution >= 0.6 is 0 Å². The Balaban J connectivity index is 1.17. The van der Waals surface area contributed by atoms with Gasteiger partial charge >= 0.3 is 0 Å². The molecule has 58 heavy (non-hydrogen) atoms. The first-order chi connectivity index (χ1) is 28.8. The van der Waals surface area contributed by atoms with Crippen molar-refractivity contribution in [3.8, 4) is 66.8 Å². The second kappa shape index (κ2) is 14.2. The van der Waals surface area contributed by atoms with Gasteiger partial charge in [0.05, 0.1) is 0 Å². The van der Waals surface area contributed by atoms with Gasteiger partial charge in [-0.15, -0.1) is 0 Å². The molecule has 0 nitrogen and oxygen atoms in total. The number of hydrogen-bond donors (Lipinski definition) is 0. The minimum absolute atomic E-state index is 1.19. The fourth-order valence-corrected chi connectivity index (χ4v) is 9.17. The largest absolute Gasteiger partial charge is 0.0622 e. The van der Waals surface area contributed by atoms with Gasteiger partial charge in [0.25, 0.3) is 0 Å². The molecule has 0 unspecified atom stereocenters. The third-order valence-electron chi connectivity index (χ3n) is 11.9. The summed E-state index contributed by atoms with van der Waals surface area (Å²) in [6, 6.07) is 84.7. The molecule has 0 bridgehead atoms. The lowest BCUT2D eigenvalue weighted by Crippen LogP contribution is -1.94. The van der Waals surface area contributed by atoms with E-state index in [1.165, 1.54) is 110 Å². The van der Waals surface area contributed by atoms with Gasteiger partial charge in [-0.3, -0.25) is 0 Å². The van der Waals surface area contributed by atoms with Gasteiger partial charge in [0.1, 0.15) is 0 Å². The highest BCUT2D eigenvalue weighted by atomic mass is 14.2. The van der Waals surface area contributed by atoms with Crippen LogP contribution in [0, 0.1) is 0 Å². The predicted octanol–water partition coefficient (Wildman–Crippen LogP) is 16.3. The quantitative estimate of drug-likeness (QED) is 0.149. The van der Waals surface area contributed by atoms with E-state index in [9.17, 15) is 0 Å². The molecule has 0 aliphatic heterocycles. The topological polar surface area (TPSA) is 0 Å². The van der Waals surface area contributed by atoms with Gasteiger partial charge in [-0.05, 0) is 128 Å². The van der Waals surface area contributed by atoms with Gasteiger partial charge in [0, 0.05) is 0 Å². The van der Waals surface area contributed by atoms with Crippen molar-refractivity contribution in [2.45, 2.75) is 0 Å². The zero-order valence-corrected chi connectivity index (χ0v) is 31.9. The number of hydrogen-bond acceptors (Lipinski definition) is 0. The van der Waals surface area contributed by atoms with Crippen LogP contribution < -0.4 is 0 Å². The smallest absolute Gasteiger partial charge is 0.00199 e. The molecule has 0 saturated carbocycles. The second-order valence-corrected chi connectivity index (χ2v) is 15.2. The summed E-state index contributed by atoms with van der Waals surface area (Å²) >= 11 is 0. The molecule has 0 radical (unpaired) electrons. The summed E-state index contributed by atoms with van der Waals surface area (Å²) in [7, 11) is 0. The Labute approximate surface area is 339 Å². The molecular weight excluding hydrogens is 697 g/mol. The lowest BCUT2D eigenvalue weighted by Gasteiger charge is -2.21. The maximum absolute atomic E-state index is 2.46. The van der Waals surface area contributed by atoms with Crippen molar-refractivity contribution >= 4 is 43.1 Å². The normalized spacial score (nSPS) is 11.4. The first-order valence-corrected chi connectivity index (χ1v) is 20.1. The minimum atomic E-state index is 1.19. The van der Waals surface area contributed by atoms with E-state index in [0.29, 0.717) is 0 Å². The van der Waals surface area contributed by atoms with E-state index in [0.717, 1.165) is 0 Å². The van der Waals surface area contributed by atoms with Gasteiger partial charge in [-0.2, -0.15) is 0 Å². The van der Waals surface area contributed by atoms with Gasteiger partial charge in [0.15, 0.2) is 0 Å². The van der Waals surface area contributed by atoms with E-state index in [1.807, 2.05) is 0 Å². The standard InChI is InChI=1S/C58H38/c1-2-18-41(19-3-1)57-52-27-10-12-29-54(52)58(55-30-13-11-28-53(55)57)56-38-46(34-35-51(56)50-31-15-21-40-17-6-7-24-47(40)50)49-26-9-8-25-48(49)45-23-14-22-43(37-45)44-33-32-39-16-4-5-20-42(39)36-44/h1-38H.